The van der Waals surface area contributed by atoms with Gasteiger partial charge in [0.15, 0.2) is 5.78 Å². The lowest BCUT2D eigenvalue weighted by atomic mass is 9.86. The number of piperidine rings is 1. The van der Waals surface area contributed by atoms with Crippen LogP contribution in [0.2, 0.25) is 0 Å². The number of carbonyl (C=O) groups is 1. The van der Waals surface area contributed by atoms with Crippen LogP contribution in [0.25, 0.3) is 0 Å². The first-order valence-electron chi connectivity index (χ1n) is 7.72. The molecule has 1 atom stereocenters. The molecule has 0 aromatic heterocycles. The Morgan fingerprint density at radius 1 is 1.19 bits per heavy atom. The number of rotatable bonds is 4. The molecule has 1 aliphatic carbocycles. The summed E-state index contributed by atoms with van der Waals surface area (Å²) in [6.07, 6.45) is 4.19. The molecule has 1 N–H and O–H groups in total. The molecule has 4 heteroatoms. The third-order valence-electron chi connectivity index (χ3n) is 4.77. The minimum atomic E-state index is 0.115. The van der Waals surface area contributed by atoms with Crippen LogP contribution in [0.5, 0.6) is 11.5 Å². The molecule has 0 bridgehead atoms. The van der Waals surface area contributed by atoms with Crippen molar-refractivity contribution in [2.24, 2.45) is 11.8 Å². The zero-order chi connectivity index (χ0) is 14.8. The summed E-state index contributed by atoms with van der Waals surface area (Å²) in [6.45, 7) is 2.16. The van der Waals surface area contributed by atoms with E-state index in [0.29, 0.717) is 11.7 Å². The Balaban J connectivity index is 1.80. The summed E-state index contributed by atoms with van der Waals surface area (Å²) >= 11 is 0. The summed E-state index contributed by atoms with van der Waals surface area (Å²) in [5.41, 5.74) is 1.85. The number of methoxy groups -OCH3 is 2. The van der Waals surface area contributed by atoms with Gasteiger partial charge in [0.1, 0.15) is 11.5 Å². The van der Waals surface area contributed by atoms with E-state index >= 15 is 0 Å². The van der Waals surface area contributed by atoms with Gasteiger partial charge in [0, 0.05) is 12.0 Å². The van der Waals surface area contributed by atoms with Crippen molar-refractivity contribution in [3.8, 4) is 11.5 Å². The van der Waals surface area contributed by atoms with Crippen molar-refractivity contribution in [2.45, 2.75) is 25.7 Å². The predicted octanol–water partition coefficient (Wildman–Crippen LogP) is 2.45. The average Bonchev–Trinajstić information content (AvgIpc) is 2.83. The highest BCUT2D eigenvalue weighted by Gasteiger charge is 2.35. The maximum absolute atomic E-state index is 12.7. The van der Waals surface area contributed by atoms with Gasteiger partial charge in [0.05, 0.1) is 19.8 Å². The second-order valence-corrected chi connectivity index (χ2v) is 6.06. The van der Waals surface area contributed by atoms with E-state index in [1.165, 1.54) is 12.8 Å². The molecule has 1 fully saturated rings. The topological polar surface area (TPSA) is 47.6 Å². The lowest BCUT2D eigenvalue weighted by molar-refractivity contribution is 0.0910. The number of nitrogens with one attached hydrogen (secondary N) is 1. The van der Waals surface area contributed by atoms with E-state index < -0.39 is 0 Å². The lowest BCUT2D eigenvalue weighted by Gasteiger charge is -2.24. The summed E-state index contributed by atoms with van der Waals surface area (Å²) in [4.78, 5) is 12.7. The van der Waals surface area contributed by atoms with Crippen molar-refractivity contribution in [1.29, 1.82) is 0 Å². The molecule has 21 heavy (non-hydrogen) atoms. The van der Waals surface area contributed by atoms with E-state index in [-0.39, 0.29) is 11.7 Å². The SMILES string of the molecule is COc1cc2c(c(OC)c1)C(=O)C(CC1CCNCC1)C2. The minimum Gasteiger partial charge on any atom is -0.497 e. The van der Waals surface area contributed by atoms with Gasteiger partial charge in [0.2, 0.25) is 0 Å². The first-order chi connectivity index (χ1) is 10.2. The van der Waals surface area contributed by atoms with Crippen LogP contribution in [-0.4, -0.2) is 33.1 Å². The summed E-state index contributed by atoms with van der Waals surface area (Å²) < 4.78 is 10.7. The fourth-order valence-electron chi connectivity index (χ4n) is 3.64. The molecular formula is C17H23NO3. The first kappa shape index (κ1) is 14.4. The van der Waals surface area contributed by atoms with Gasteiger partial charge in [-0.1, -0.05) is 0 Å². The molecule has 1 aliphatic heterocycles. The quantitative estimate of drug-likeness (QED) is 0.925. The molecule has 4 nitrogen and oxygen atoms in total. The zero-order valence-corrected chi connectivity index (χ0v) is 12.8. The number of hydrogen-bond acceptors (Lipinski definition) is 4. The van der Waals surface area contributed by atoms with Gasteiger partial charge in [-0.3, -0.25) is 4.79 Å². The molecule has 1 saturated heterocycles. The largest absolute Gasteiger partial charge is 0.497 e. The van der Waals surface area contributed by atoms with E-state index in [1.807, 2.05) is 12.1 Å². The average molecular weight is 289 g/mol. The highest BCUT2D eigenvalue weighted by molar-refractivity contribution is 6.04. The zero-order valence-electron chi connectivity index (χ0n) is 12.8. The molecule has 3 rings (SSSR count). The van der Waals surface area contributed by atoms with Crippen LogP contribution >= 0.6 is 0 Å². The van der Waals surface area contributed by atoms with Gasteiger partial charge in [0.25, 0.3) is 0 Å². The number of carbonyl (C=O) groups excluding carboxylic acids is 1. The molecule has 0 radical (unpaired) electrons. The normalized spacial score (nSPS) is 22.2. The van der Waals surface area contributed by atoms with Crippen LogP contribution in [0.1, 0.15) is 35.2 Å². The molecule has 1 heterocycles. The number of ether oxygens (including phenoxy) is 2. The summed E-state index contributed by atoms with van der Waals surface area (Å²) in [7, 11) is 3.26. The lowest BCUT2D eigenvalue weighted by Crippen LogP contribution is -2.29. The van der Waals surface area contributed by atoms with Gasteiger partial charge < -0.3 is 14.8 Å². The van der Waals surface area contributed by atoms with Crippen molar-refractivity contribution >= 4 is 5.78 Å². The molecule has 0 saturated carbocycles. The van der Waals surface area contributed by atoms with Crippen molar-refractivity contribution < 1.29 is 14.3 Å². The molecule has 2 aliphatic rings. The van der Waals surface area contributed by atoms with Gasteiger partial charge in [-0.15, -0.1) is 0 Å². The molecule has 1 unspecified atom stereocenters. The number of fused-ring (bicyclic) bond motifs is 1. The van der Waals surface area contributed by atoms with E-state index in [2.05, 4.69) is 5.32 Å². The Morgan fingerprint density at radius 2 is 1.95 bits per heavy atom. The summed E-state index contributed by atoms with van der Waals surface area (Å²) in [5, 5.41) is 3.38. The van der Waals surface area contributed by atoms with Crippen LogP contribution < -0.4 is 14.8 Å². The number of Topliss-reactive ketones (excluding diaryl/α,β-unsaturated/α-hetero) is 1. The summed E-state index contributed by atoms with van der Waals surface area (Å²) in [6, 6.07) is 3.79. The number of hydrogen-bond donors (Lipinski definition) is 1. The second-order valence-electron chi connectivity index (χ2n) is 6.06. The monoisotopic (exact) mass is 289 g/mol. The second kappa shape index (κ2) is 6.06. The van der Waals surface area contributed by atoms with Gasteiger partial charge in [-0.05, 0) is 56.3 Å². The van der Waals surface area contributed by atoms with Crippen LogP contribution in [0, 0.1) is 11.8 Å². The Morgan fingerprint density at radius 3 is 2.62 bits per heavy atom. The smallest absolute Gasteiger partial charge is 0.170 e. The van der Waals surface area contributed by atoms with Crippen LogP contribution in [0.4, 0.5) is 0 Å². The van der Waals surface area contributed by atoms with Gasteiger partial charge in [-0.25, -0.2) is 0 Å². The molecule has 1 aromatic rings. The minimum absolute atomic E-state index is 0.115. The van der Waals surface area contributed by atoms with Crippen molar-refractivity contribution in [1.82, 2.24) is 5.32 Å². The van der Waals surface area contributed by atoms with Gasteiger partial charge in [-0.2, -0.15) is 0 Å². The third kappa shape index (κ3) is 2.77. The Hall–Kier alpha value is -1.55. The Kier molecular flexibility index (Phi) is 4.15. The van der Waals surface area contributed by atoms with E-state index in [1.54, 1.807) is 14.2 Å². The van der Waals surface area contributed by atoms with Crippen LogP contribution in [-0.2, 0) is 6.42 Å². The molecule has 0 spiro atoms. The fraction of sp³-hybridized carbons (Fsp3) is 0.588. The van der Waals surface area contributed by atoms with Crippen LogP contribution in [0.3, 0.4) is 0 Å². The predicted molar refractivity (Wildman–Crippen MR) is 81.3 cm³/mol. The number of benzene rings is 1. The third-order valence-corrected chi connectivity index (χ3v) is 4.77. The van der Waals surface area contributed by atoms with E-state index in [9.17, 15) is 4.79 Å². The highest BCUT2D eigenvalue weighted by Crippen LogP contribution is 2.40. The van der Waals surface area contributed by atoms with Crippen molar-refractivity contribution in [3.63, 3.8) is 0 Å². The molecular weight excluding hydrogens is 266 g/mol. The van der Waals surface area contributed by atoms with Crippen molar-refractivity contribution in [3.05, 3.63) is 23.3 Å². The molecule has 0 amide bonds. The molecule has 114 valence electrons. The highest BCUT2D eigenvalue weighted by atomic mass is 16.5. The van der Waals surface area contributed by atoms with Crippen LogP contribution in [0.15, 0.2) is 12.1 Å². The maximum atomic E-state index is 12.7. The maximum Gasteiger partial charge on any atom is 0.170 e. The standard InChI is InChI=1S/C17H23NO3/c1-20-14-9-12-8-13(7-11-3-5-18-6-4-11)17(19)16(12)15(10-14)21-2/h9-11,13,18H,3-8H2,1-2H3. The number of ketones is 1. The van der Waals surface area contributed by atoms with E-state index in [0.717, 1.165) is 42.8 Å². The first-order valence-corrected chi connectivity index (χ1v) is 7.72. The van der Waals surface area contributed by atoms with E-state index in [4.69, 9.17) is 9.47 Å². The van der Waals surface area contributed by atoms with Crippen molar-refractivity contribution in [2.75, 3.05) is 27.3 Å². The fourth-order valence-corrected chi connectivity index (χ4v) is 3.64. The Bertz CT molecular complexity index is 535. The summed E-state index contributed by atoms with van der Waals surface area (Å²) in [5.74, 6) is 2.46. The molecule has 1 aromatic carbocycles. The van der Waals surface area contributed by atoms with Gasteiger partial charge >= 0.3 is 0 Å². The Labute approximate surface area is 125 Å².